The molecule has 1 atom stereocenters. The van der Waals surface area contributed by atoms with Gasteiger partial charge in [-0.15, -0.1) is 12.3 Å². The molecule has 0 spiro atoms. The predicted octanol–water partition coefficient (Wildman–Crippen LogP) is 1.93. The van der Waals surface area contributed by atoms with Crippen molar-refractivity contribution in [3.63, 3.8) is 0 Å². The Morgan fingerprint density at radius 1 is 1.43 bits per heavy atom. The highest BCUT2D eigenvalue weighted by atomic mass is 16.5. The van der Waals surface area contributed by atoms with E-state index >= 15 is 0 Å². The van der Waals surface area contributed by atoms with Crippen LogP contribution in [0.4, 0.5) is 0 Å². The number of hydrogen-bond donors (Lipinski definition) is 2. The number of benzene rings is 1. The lowest BCUT2D eigenvalue weighted by molar-refractivity contribution is -0.139. The standard InChI is InChI=1S/C16H19NO4/c1-4-6-14(16(19)20)17-15(18)12-7-5-8-13(9-12)21-10-11(2)3/h1,5,7-9,11,14H,6,10H2,2-3H3,(H,17,18)(H,19,20). The van der Waals surface area contributed by atoms with Crippen molar-refractivity contribution in [2.24, 2.45) is 5.92 Å². The van der Waals surface area contributed by atoms with E-state index in [1.165, 1.54) is 0 Å². The molecule has 0 aliphatic rings. The monoisotopic (exact) mass is 289 g/mol. The average Bonchev–Trinajstić information content (AvgIpc) is 2.44. The fraction of sp³-hybridized carbons (Fsp3) is 0.375. The highest BCUT2D eigenvalue weighted by molar-refractivity contribution is 5.96. The minimum Gasteiger partial charge on any atom is -0.493 e. The van der Waals surface area contributed by atoms with Gasteiger partial charge in [-0.05, 0) is 24.1 Å². The van der Waals surface area contributed by atoms with Crippen LogP contribution >= 0.6 is 0 Å². The summed E-state index contributed by atoms with van der Waals surface area (Å²) in [7, 11) is 0. The molecule has 112 valence electrons. The number of carbonyl (C=O) groups is 2. The summed E-state index contributed by atoms with van der Waals surface area (Å²) in [6.07, 6.45) is 5.02. The first kappa shape index (κ1) is 16.6. The van der Waals surface area contributed by atoms with Crippen molar-refractivity contribution in [3.8, 4) is 18.1 Å². The molecule has 0 aromatic heterocycles. The van der Waals surface area contributed by atoms with Crippen LogP contribution < -0.4 is 10.1 Å². The smallest absolute Gasteiger partial charge is 0.327 e. The molecule has 1 unspecified atom stereocenters. The fourth-order valence-electron chi connectivity index (χ4n) is 1.55. The predicted molar refractivity (Wildman–Crippen MR) is 79.1 cm³/mol. The number of carboxylic acid groups (broad SMARTS) is 1. The lowest BCUT2D eigenvalue weighted by Crippen LogP contribution is -2.40. The lowest BCUT2D eigenvalue weighted by Gasteiger charge is -2.13. The second-order valence-corrected chi connectivity index (χ2v) is 5.01. The topological polar surface area (TPSA) is 75.6 Å². The summed E-state index contributed by atoms with van der Waals surface area (Å²) < 4.78 is 5.53. The molecule has 0 saturated heterocycles. The zero-order chi connectivity index (χ0) is 15.8. The molecule has 1 rings (SSSR count). The highest BCUT2D eigenvalue weighted by Crippen LogP contribution is 2.14. The summed E-state index contributed by atoms with van der Waals surface area (Å²) in [5.41, 5.74) is 0.333. The summed E-state index contributed by atoms with van der Waals surface area (Å²) >= 11 is 0. The summed E-state index contributed by atoms with van der Waals surface area (Å²) in [5, 5.41) is 11.4. The van der Waals surface area contributed by atoms with Crippen molar-refractivity contribution in [3.05, 3.63) is 29.8 Å². The normalized spacial score (nSPS) is 11.5. The van der Waals surface area contributed by atoms with Gasteiger partial charge in [-0.25, -0.2) is 4.79 Å². The number of hydrogen-bond acceptors (Lipinski definition) is 3. The van der Waals surface area contributed by atoms with E-state index in [0.717, 1.165) is 0 Å². The maximum absolute atomic E-state index is 12.0. The van der Waals surface area contributed by atoms with Crippen LogP contribution in [-0.2, 0) is 4.79 Å². The molecule has 5 nitrogen and oxygen atoms in total. The van der Waals surface area contributed by atoms with Gasteiger partial charge >= 0.3 is 5.97 Å². The number of amides is 1. The van der Waals surface area contributed by atoms with Gasteiger partial charge in [-0.2, -0.15) is 0 Å². The van der Waals surface area contributed by atoms with Crippen LogP contribution in [0.3, 0.4) is 0 Å². The Bertz CT molecular complexity index is 545. The Balaban J connectivity index is 2.76. The molecule has 0 aliphatic carbocycles. The minimum absolute atomic E-state index is 0.0649. The number of rotatable bonds is 7. The van der Waals surface area contributed by atoms with E-state index in [1.807, 2.05) is 13.8 Å². The van der Waals surface area contributed by atoms with Crippen molar-refractivity contribution >= 4 is 11.9 Å². The second-order valence-electron chi connectivity index (χ2n) is 5.01. The Labute approximate surface area is 124 Å². The number of carbonyl (C=O) groups excluding carboxylic acids is 1. The molecule has 0 bridgehead atoms. The van der Waals surface area contributed by atoms with Crippen molar-refractivity contribution in [1.29, 1.82) is 0 Å². The minimum atomic E-state index is -1.16. The van der Waals surface area contributed by atoms with Crippen LogP contribution in [-0.4, -0.2) is 29.6 Å². The number of ether oxygens (including phenoxy) is 1. The van der Waals surface area contributed by atoms with E-state index in [-0.39, 0.29) is 6.42 Å². The molecular weight excluding hydrogens is 270 g/mol. The number of carboxylic acids is 1. The molecule has 0 saturated carbocycles. The van der Waals surface area contributed by atoms with Gasteiger partial charge in [0.15, 0.2) is 0 Å². The lowest BCUT2D eigenvalue weighted by atomic mass is 10.1. The van der Waals surface area contributed by atoms with Crippen LogP contribution in [0.2, 0.25) is 0 Å². The Morgan fingerprint density at radius 3 is 2.71 bits per heavy atom. The molecule has 1 aromatic rings. The SMILES string of the molecule is C#CCC(NC(=O)c1cccc(OCC(C)C)c1)C(=O)O. The molecule has 2 N–H and O–H groups in total. The van der Waals surface area contributed by atoms with Crippen LogP contribution in [0.15, 0.2) is 24.3 Å². The van der Waals surface area contributed by atoms with Crippen molar-refractivity contribution < 1.29 is 19.4 Å². The number of aliphatic carboxylic acids is 1. The molecule has 1 amide bonds. The molecule has 0 fully saturated rings. The van der Waals surface area contributed by atoms with Crippen LogP contribution in [0.1, 0.15) is 30.6 Å². The van der Waals surface area contributed by atoms with Crippen molar-refractivity contribution in [2.45, 2.75) is 26.3 Å². The Morgan fingerprint density at radius 2 is 2.14 bits per heavy atom. The fourth-order valence-corrected chi connectivity index (χ4v) is 1.55. The summed E-state index contributed by atoms with van der Waals surface area (Å²) in [6, 6.07) is 5.50. The maximum Gasteiger partial charge on any atom is 0.327 e. The first-order chi connectivity index (χ1) is 9.93. The first-order valence-electron chi connectivity index (χ1n) is 6.64. The zero-order valence-corrected chi connectivity index (χ0v) is 12.1. The van der Waals surface area contributed by atoms with Gasteiger partial charge in [-0.3, -0.25) is 4.79 Å². The summed E-state index contributed by atoms with van der Waals surface area (Å²) in [5.74, 6) is 1.52. The third kappa shape index (κ3) is 5.57. The maximum atomic E-state index is 12.0. The van der Waals surface area contributed by atoms with Gasteiger partial charge in [0.1, 0.15) is 11.8 Å². The summed E-state index contributed by atoms with van der Waals surface area (Å²) in [4.78, 5) is 23.0. The quantitative estimate of drug-likeness (QED) is 0.752. The van der Waals surface area contributed by atoms with Gasteiger partial charge in [0.2, 0.25) is 0 Å². The van der Waals surface area contributed by atoms with E-state index in [0.29, 0.717) is 23.8 Å². The second kappa shape index (κ2) is 7.95. The van der Waals surface area contributed by atoms with Gasteiger partial charge in [0.25, 0.3) is 5.91 Å². The Kier molecular flexibility index (Phi) is 6.28. The first-order valence-corrected chi connectivity index (χ1v) is 6.64. The van der Waals surface area contributed by atoms with Crippen LogP contribution in [0.25, 0.3) is 0 Å². The van der Waals surface area contributed by atoms with E-state index in [9.17, 15) is 9.59 Å². The number of nitrogens with one attached hydrogen (secondary N) is 1. The van der Waals surface area contributed by atoms with E-state index in [4.69, 9.17) is 16.3 Å². The van der Waals surface area contributed by atoms with E-state index < -0.39 is 17.9 Å². The highest BCUT2D eigenvalue weighted by Gasteiger charge is 2.19. The third-order valence-electron chi connectivity index (χ3n) is 2.60. The van der Waals surface area contributed by atoms with Crippen molar-refractivity contribution in [2.75, 3.05) is 6.61 Å². The largest absolute Gasteiger partial charge is 0.493 e. The average molecular weight is 289 g/mol. The van der Waals surface area contributed by atoms with Gasteiger partial charge < -0.3 is 15.2 Å². The molecule has 5 heteroatoms. The molecule has 0 heterocycles. The zero-order valence-electron chi connectivity index (χ0n) is 12.1. The molecular formula is C16H19NO4. The van der Waals surface area contributed by atoms with Gasteiger partial charge in [0.05, 0.1) is 6.61 Å². The molecule has 0 aliphatic heterocycles. The number of terminal acetylenes is 1. The van der Waals surface area contributed by atoms with Crippen LogP contribution in [0, 0.1) is 18.3 Å². The summed E-state index contributed by atoms with van der Waals surface area (Å²) in [6.45, 7) is 4.58. The third-order valence-corrected chi connectivity index (χ3v) is 2.60. The van der Waals surface area contributed by atoms with Gasteiger partial charge in [-0.1, -0.05) is 19.9 Å². The van der Waals surface area contributed by atoms with Gasteiger partial charge in [0, 0.05) is 12.0 Å². The molecule has 0 radical (unpaired) electrons. The van der Waals surface area contributed by atoms with E-state index in [2.05, 4.69) is 11.2 Å². The molecule has 21 heavy (non-hydrogen) atoms. The van der Waals surface area contributed by atoms with E-state index in [1.54, 1.807) is 24.3 Å². The Hall–Kier alpha value is -2.48. The molecule has 1 aromatic carbocycles. The van der Waals surface area contributed by atoms with Crippen LogP contribution in [0.5, 0.6) is 5.75 Å². The van der Waals surface area contributed by atoms with Crippen molar-refractivity contribution in [1.82, 2.24) is 5.32 Å².